The number of hydrazone groups is 1. The minimum absolute atomic E-state index is 0.178. The Hall–Kier alpha value is -1.58. The van der Waals surface area contributed by atoms with Crippen molar-refractivity contribution in [2.75, 3.05) is 6.54 Å². The molecule has 1 fully saturated rings. The summed E-state index contributed by atoms with van der Waals surface area (Å²) in [6.45, 7) is 3.05. The van der Waals surface area contributed by atoms with Crippen LogP contribution in [-0.4, -0.2) is 23.4 Å². The molecule has 4 heteroatoms. The molecule has 1 unspecified atom stereocenters. The minimum Gasteiger partial charge on any atom is -0.333 e. The summed E-state index contributed by atoms with van der Waals surface area (Å²) in [6.07, 6.45) is 5.88. The molecule has 19 heavy (non-hydrogen) atoms. The van der Waals surface area contributed by atoms with Gasteiger partial charge in [-0.05, 0) is 43.4 Å². The second kappa shape index (κ2) is 5.19. The van der Waals surface area contributed by atoms with Crippen molar-refractivity contribution in [2.24, 2.45) is 5.10 Å². The van der Waals surface area contributed by atoms with Gasteiger partial charge in [0.1, 0.15) is 12.0 Å². The standard InChI is InChI=1S/C15H20FN3/c1-2-11-7-8-13(16)12(10-11)15-18-17-14-6-4-3-5-9-19(14)15/h7-8,10,14,17H,2-6,9H2,1H3. The number of aryl methyl sites for hydroxylation is 1. The summed E-state index contributed by atoms with van der Waals surface area (Å²) >= 11 is 0. The Balaban J connectivity index is 1.93. The van der Waals surface area contributed by atoms with Crippen LogP contribution in [0.3, 0.4) is 0 Å². The number of hydrogen-bond acceptors (Lipinski definition) is 3. The maximum atomic E-state index is 14.1. The van der Waals surface area contributed by atoms with Gasteiger partial charge in [0, 0.05) is 6.54 Å². The lowest BCUT2D eigenvalue weighted by atomic mass is 10.1. The molecular formula is C15H20FN3. The van der Waals surface area contributed by atoms with Crippen LogP contribution in [0.2, 0.25) is 0 Å². The number of nitrogens with one attached hydrogen (secondary N) is 1. The third-order valence-electron chi connectivity index (χ3n) is 4.02. The van der Waals surface area contributed by atoms with Gasteiger partial charge in [0.15, 0.2) is 5.84 Å². The fourth-order valence-electron chi connectivity index (χ4n) is 2.87. The van der Waals surface area contributed by atoms with E-state index in [1.165, 1.54) is 12.8 Å². The molecule has 0 bridgehead atoms. The van der Waals surface area contributed by atoms with Gasteiger partial charge in [0.2, 0.25) is 0 Å². The number of fused-ring (bicyclic) bond motifs is 1. The first-order valence-corrected chi connectivity index (χ1v) is 7.18. The van der Waals surface area contributed by atoms with Crippen LogP contribution in [0.1, 0.15) is 43.7 Å². The van der Waals surface area contributed by atoms with E-state index < -0.39 is 0 Å². The van der Waals surface area contributed by atoms with Gasteiger partial charge >= 0.3 is 0 Å². The number of halogens is 1. The molecule has 1 aromatic rings. The average molecular weight is 261 g/mol. The van der Waals surface area contributed by atoms with Crippen LogP contribution < -0.4 is 5.43 Å². The van der Waals surface area contributed by atoms with E-state index in [4.69, 9.17) is 0 Å². The van der Waals surface area contributed by atoms with Gasteiger partial charge in [-0.15, -0.1) is 0 Å². The van der Waals surface area contributed by atoms with Crippen molar-refractivity contribution in [2.45, 2.75) is 45.2 Å². The Bertz CT molecular complexity index is 498. The van der Waals surface area contributed by atoms with Gasteiger partial charge in [-0.1, -0.05) is 19.4 Å². The first kappa shape index (κ1) is 12.5. The zero-order valence-electron chi connectivity index (χ0n) is 11.3. The molecule has 0 aliphatic carbocycles. The predicted octanol–water partition coefficient (Wildman–Crippen LogP) is 2.86. The lowest BCUT2D eigenvalue weighted by molar-refractivity contribution is 0.304. The van der Waals surface area contributed by atoms with Crippen molar-refractivity contribution in [3.8, 4) is 0 Å². The van der Waals surface area contributed by atoms with Crippen molar-refractivity contribution in [3.63, 3.8) is 0 Å². The molecule has 1 saturated heterocycles. The largest absolute Gasteiger partial charge is 0.333 e. The highest BCUT2D eigenvalue weighted by atomic mass is 19.1. The fourth-order valence-corrected chi connectivity index (χ4v) is 2.87. The van der Waals surface area contributed by atoms with E-state index in [0.29, 0.717) is 5.56 Å². The van der Waals surface area contributed by atoms with Crippen LogP contribution in [0.15, 0.2) is 23.3 Å². The molecular weight excluding hydrogens is 241 g/mol. The number of amidine groups is 1. The summed E-state index contributed by atoms with van der Waals surface area (Å²) in [5.41, 5.74) is 4.94. The Morgan fingerprint density at radius 3 is 3.11 bits per heavy atom. The van der Waals surface area contributed by atoms with E-state index in [0.717, 1.165) is 37.2 Å². The normalized spacial score (nSPS) is 22.5. The quantitative estimate of drug-likeness (QED) is 0.886. The lowest BCUT2D eigenvalue weighted by Gasteiger charge is -2.25. The number of benzene rings is 1. The molecule has 2 aliphatic heterocycles. The van der Waals surface area contributed by atoms with E-state index in [2.05, 4.69) is 22.4 Å². The second-order valence-electron chi connectivity index (χ2n) is 5.29. The van der Waals surface area contributed by atoms with E-state index in [1.54, 1.807) is 6.07 Å². The first-order valence-electron chi connectivity index (χ1n) is 7.18. The lowest BCUT2D eigenvalue weighted by Crippen LogP contribution is -2.40. The smallest absolute Gasteiger partial charge is 0.160 e. The van der Waals surface area contributed by atoms with Gasteiger partial charge in [-0.25, -0.2) is 4.39 Å². The molecule has 2 aliphatic rings. The van der Waals surface area contributed by atoms with Crippen LogP contribution in [0.25, 0.3) is 0 Å². The Morgan fingerprint density at radius 2 is 2.26 bits per heavy atom. The summed E-state index contributed by atoms with van der Waals surface area (Å²) in [4.78, 5) is 2.23. The Labute approximate surface area is 113 Å². The van der Waals surface area contributed by atoms with Crippen LogP contribution in [0, 0.1) is 5.82 Å². The Kier molecular flexibility index (Phi) is 3.40. The molecule has 0 spiro atoms. The average Bonchev–Trinajstić information content (AvgIpc) is 2.68. The predicted molar refractivity (Wildman–Crippen MR) is 74.4 cm³/mol. The van der Waals surface area contributed by atoms with Gasteiger partial charge < -0.3 is 4.90 Å². The molecule has 3 rings (SSSR count). The molecule has 0 saturated carbocycles. The van der Waals surface area contributed by atoms with Gasteiger partial charge in [0.05, 0.1) is 5.56 Å². The summed E-state index contributed by atoms with van der Waals surface area (Å²) in [5.74, 6) is 0.599. The fraction of sp³-hybridized carbons (Fsp3) is 0.533. The van der Waals surface area contributed by atoms with Crippen LogP contribution in [-0.2, 0) is 6.42 Å². The highest BCUT2D eigenvalue weighted by Gasteiger charge is 2.30. The summed E-state index contributed by atoms with van der Waals surface area (Å²) in [5, 5.41) is 4.38. The monoisotopic (exact) mass is 261 g/mol. The first-order chi connectivity index (χ1) is 9.29. The van der Waals surface area contributed by atoms with Crippen LogP contribution in [0.5, 0.6) is 0 Å². The number of hydrogen-bond donors (Lipinski definition) is 1. The third kappa shape index (κ3) is 2.31. The zero-order chi connectivity index (χ0) is 13.2. The molecule has 0 amide bonds. The number of rotatable bonds is 2. The van der Waals surface area contributed by atoms with Gasteiger partial charge in [-0.3, -0.25) is 5.43 Å². The summed E-state index contributed by atoms with van der Waals surface area (Å²) in [6, 6.07) is 5.34. The van der Waals surface area contributed by atoms with Gasteiger partial charge in [0.25, 0.3) is 0 Å². The van der Waals surface area contributed by atoms with Crippen molar-refractivity contribution in [1.82, 2.24) is 10.3 Å². The summed E-state index contributed by atoms with van der Waals surface area (Å²) in [7, 11) is 0. The van der Waals surface area contributed by atoms with Crippen LogP contribution in [0.4, 0.5) is 4.39 Å². The molecule has 102 valence electrons. The van der Waals surface area contributed by atoms with Crippen molar-refractivity contribution in [3.05, 3.63) is 35.1 Å². The van der Waals surface area contributed by atoms with Crippen LogP contribution >= 0.6 is 0 Å². The highest BCUT2D eigenvalue weighted by molar-refractivity contribution is 6.00. The molecule has 2 heterocycles. The zero-order valence-corrected chi connectivity index (χ0v) is 11.3. The highest BCUT2D eigenvalue weighted by Crippen LogP contribution is 2.24. The van der Waals surface area contributed by atoms with Gasteiger partial charge in [-0.2, -0.15) is 5.10 Å². The molecule has 0 aromatic heterocycles. The second-order valence-corrected chi connectivity index (χ2v) is 5.29. The Morgan fingerprint density at radius 1 is 1.37 bits per heavy atom. The molecule has 1 aromatic carbocycles. The van der Waals surface area contributed by atoms with E-state index in [-0.39, 0.29) is 12.0 Å². The molecule has 1 N–H and O–H groups in total. The maximum Gasteiger partial charge on any atom is 0.160 e. The van der Waals surface area contributed by atoms with Crippen molar-refractivity contribution in [1.29, 1.82) is 0 Å². The van der Waals surface area contributed by atoms with E-state index in [1.807, 2.05) is 12.1 Å². The maximum absolute atomic E-state index is 14.1. The topological polar surface area (TPSA) is 27.6 Å². The molecule has 0 radical (unpaired) electrons. The van der Waals surface area contributed by atoms with E-state index in [9.17, 15) is 4.39 Å². The molecule has 1 atom stereocenters. The minimum atomic E-state index is -0.178. The van der Waals surface area contributed by atoms with Crippen molar-refractivity contribution < 1.29 is 4.39 Å². The van der Waals surface area contributed by atoms with E-state index >= 15 is 0 Å². The third-order valence-corrected chi connectivity index (χ3v) is 4.02. The van der Waals surface area contributed by atoms with Crippen molar-refractivity contribution >= 4 is 5.84 Å². The number of nitrogens with zero attached hydrogens (tertiary/aromatic N) is 2. The SMILES string of the molecule is CCc1ccc(F)c(C2=NNC3CCCCCN23)c1. The summed E-state index contributed by atoms with van der Waals surface area (Å²) < 4.78 is 14.1. The molecule has 3 nitrogen and oxygen atoms in total.